The van der Waals surface area contributed by atoms with Gasteiger partial charge in [0.15, 0.2) is 0 Å². The van der Waals surface area contributed by atoms with E-state index in [1.54, 1.807) is 0 Å². The van der Waals surface area contributed by atoms with Gasteiger partial charge in [-0.1, -0.05) is 25.3 Å². The van der Waals surface area contributed by atoms with Gasteiger partial charge in [0, 0.05) is 25.3 Å². The van der Waals surface area contributed by atoms with Gasteiger partial charge in [-0.3, -0.25) is 9.88 Å². The van der Waals surface area contributed by atoms with Gasteiger partial charge in [0.25, 0.3) is 0 Å². The van der Waals surface area contributed by atoms with Gasteiger partial charge in [0.1, 0.15) is 0 Å². The van der Waals surface area contributed by atoms with Crippen molar-refractivity contribution >= 4 is 0 Å². The molecule has 0 bridgehead atoms. The van der Waals surface area contributed by atoms with Crippen LogP contribution in [-0.4, -0.2) is 35.6 Å². The average Bonchev–Trinajstić information content (AvgIpc) is 2.75. The fourth-order valence-electron chi connectivity index (χ4n) is 3.74. The molecule has 0 radical (unpaired) electrons. The van der Waals surface area contributed by atoms with Crippen LogP contribution in [0.15, 0.2) is 24.4 Å². The van der Waals surface area contributed by atoms with Crippen LogP contribution in [0.25, 0.3) is 0 Å². The van der Waals surface area contributed by atoms with E-state index in [1.165, 1.54) is 63.9 Å². The van der Waals surface area contributed by atoms with Crippen LogP contribution in [-0.2, 0) is 6.54 Å². The van der Waals surface area contributed by atoms with Crippen molar-refractivity contribution in [3.05, 3.63) is 30.1 Å². The molecule has 2 heterocycles. The maximum absolute atomic E-state index is 4.48. The fraction of sp³-hybridized carbons (Fsp3) is 0.706. The van der Waals surface area contributed by atoms with E-state index in [9.17, 15) is 0 Å². The van der Waals surface area contributed by atoms with Gasteiger partial charge in [0.2, 0.25) is 0 Å². The van der Waals surface area contributed by atoms with E-state index in [4.69, 9.17) is 0 Å². The smallest absolute Gasteiger partial charge is 0.0543 e. The molecule has 1 unspecified atom stereocenters. The highest BCUT2D eigenvalue weighted by atomic mass is 15.2. The summed E-state index contributed by atoms with van der Waals surface area (Å²) in [5, 5.41) is 3.80. The van der Waals surface area contributed by atoms with Crippen molar-refractivity contribution in [2.75, 3.05) is 19.6 Å². The van der Waals surface area contributed by atoms with Gasteiger partial charge in [-0.25, -0.2) is 0 Å². The second-order valence-electron chi connectivity index (χ2n) is 6.37. The van der Waals surface area contributed by atoms with Crippen LogP contribution in [0, 0.1) is 5.92 Å². The molecule has 2 fully saturated rings. The molecule has 0 spiro atoms. The molecule has 3 heteroatoms. The average molecular weight is 273 g/mol. The maximum Gasteiger partial charge on any atom is 0.0543 e. The zero-order valence-electron chi connectivity index (χ0n) is 12.4. The Hall–Kier alpha value is -0.930. The molecule has 1 atom stereocenters. The Labute approximate surface area is 122 Å². The molecule has 1 aliphatic carbocycles. The molecule has 1 aromatic heterocycles. The lowest BCUT2D eigenvalue weighted by molar-refractivity contribution is 0.200. The van der Waals surface area contributed by atoms with Crippen molar-refractivity contribution in [3.63, 3.8) is 0 Å². The van der Waals surface area contributed by atoms with Gasteiger partial charge in [0.05, 0.1) is 5.69 Å². The van der Waals surface area contributed by atoms with Gasteiger partial charge in [-0.05, 0) is 50.4 Å². The van der Waals surface area contributed by atoms with Crippen LogP contribution in [0.1, 0.15) is 44.2 Å². The first-order valence-corrected chi connectivity index (χ1v) is 8.27. The molecule has 1 saturated heterocycles. The number of hydrogen-bond acceptors (Lipinski definition) is 3. The monoisotopic (exact) mass is 273 g/mol. The van der Waals surface area contributed by atoms with Crippen LogP contribution in [0.3, 0.4) is 0 Å². The SMILES string of the molecule is c1ccc(CN2CCCNC(C3CCCCC3)C2)nc1. The van der Waals surface area contributed by atoms with E-state index < -0.39 is 0 Å². The van der Waals surface area contributed by atoms with E-state index in [-0.39, 0.29) is 0 Å². The molecule has 20 heavy (non-hydrogen) atoms. The van der Waals surface area contributed by atoms with Crippen LogP contribution < -0.4 is 5.32 Å². The Kier molecular flexibility index (Phi) is 5.04. The summed E-state index contributed by atoms with van der Waals surface area (Å²) in [5.41, 5.74) is 1.21. The van der Waals surface area contributed by atoms with Crippen molar-refractivity contribution < 1.29 is 0 Å². The summed E-state index contributed by atoms with van der Waals surface area (Å²) in [6.45, 7) is 4.58. The van der Waals surface area contributed by atoms with E-state index in [0.717, 1.165) is 12.5 Å². The number of nitrogens with one attached hydrogen (secondary N) is 1. The minimum absolute atomic E-state index is 0.696. The third-order valence-corrected chi connectivity index (χ3v) is 4.84. The molecule has 3 rings (SSSR count). The quantitative estimate of drug-likeness (QED) is 0.918. The Morgan fingerprint density at radius 3 is 2.85 bits per heavy atom. The van der Waals surface area contributed by atoms with Crippen LogP contribution in [0.5, 0.6) is 0 Å². The second-order valence-corrected chi connectivity index (χ2v) is 6.37. The summed E-state index contributed by atoms with van der Waals surface area (Å²) in [7, 11) is 0. The molecule has 0 amide bonds. The normalized spacial score (nSPS) is 26.3. The van der Waals surface area contributed by atoms with E-state index in [0.29, 0.717) is 6.04 Å². The number of hydrogen-bond donors (Lipinski definition) is 1. The van der Waals surface area contributed by atoms with E-state index in [1.807, 2.05) is 12.3 Å². The largest absolute Gasteiger partial charge is 0.312 e. The van der Waals surface area contributed by atoms with Gasteiger partial charge in [-0.15, -0.1) is 0 Å². The molecule has 0 aromatic carbocycles. The van der Waals surface area contributed by atoms with E-state index >= 15 is 0 Å². The minimum Gasteiger partial charge on any atom is -0.312 e. The Morgan fingerprint density at radius 2 is 2.05 bits per heavy atom. The third kappa shape index (κ3) is 3.80. The predicted molar refractivity (Wildman–Crippen MR) is 82.5 cm³/mol. The summed E-state index contributed by atoms with van der Waals surface area (Å²) >= 11 is 0. The lowest BCUT2D eigenvalue weighted by Crippen LogP contribution is -2.43. The number of pyridine rings is 1. The standard InChI is InChI=1S/C17H27N3/c1-2-7-15(8-3-1)17-14-20(12-6-11-19-17)13-16-9-4-5-10-18-16/h4-5,9-10,15,17,19H,1-3,6-8,11-14H2. The van der Waals surface area contributed by atoms with Crippen LogP contribution in [0.2, 0.25) is 0 Å². The molecule has 1 aliphatic heterocycles. The summed E-state index contributed by atoms with van der Waals surface area (Å²) < 4.78 is 0. The first kappa shape index (κ1) is 14.0. The van der Waals surface area contributed by atoms with Crippen molar-refractivity contribution in [1.82, 2.24) is 15.2 Å². The summed E-state index contributed by atoms with van der Waals surface area (Å²) in [6, 6.07) is 6.94. The van der Waals surface area contributed by atoms with Gasteiger partial charge >= 0.3 is 0 Å². The van der Waals surface area contributed by atoms with Crippen molar-refractivity contribution in [2.24, 2.45) is 5.92 Å². The molecule has 110 valence electrons. The maximum atomic E-state index is 4.48. The topological polar surface area (TPSA) is 28.2 Å². The Bertz CT molecular complexity index is 386. The van der Waals surface area contributed by atoms with Crippen molar-refractivity contribution in [3.8, 4) is 0 Å². The molecule has 1 aromatic rings. The van der Waals surface area contributed by atoms with Crippen LogP contribution in [0.4, 0.5) is 0 Å². The number of rotatable bonds is 3. The first-order chi connectivity index (χ1) is 9.92. The van der Waals surface area contributed by atoms with Crippen molar-refractivity contribution in [2.45, 2.75) is 51.1 Å². The fourth-order valence-corrected chi connectivity index (χ4v) is 3.74. The lowest BCUT2D eigenvalue weighted by Gasteiger charge is -2.32. The molecular formula is C17H27N3. The first-order valence-electron chi connectivity index (χ1n) is 8.27. The highest BCUT2D eigenvalue weighted by Crippen LogP contribution is 2.27. The minimum atomic E-state index is 0.696. The predicted octanol–water partition coefficient (Wildman–Crippen LogP) is 2.83. The molecule has 2 aliphatic rings. The third-order valence-electron chi connectivity index (χ3n) is 4.84. The van der Waals surface area contributed by atoms with Crippen molar-refractivity contribution in [1.29, 1.82) is 0 Å². The zero-order chi connectivity index (χ0) is 13.6. The lowest BCUT2D eigenvalue weighted by atomic mass is 9.83. The van der Waals surface area contributed by atoms with Crippen LogP contribution >= 0.6 is 0 Å². The van der Waals surface area contributed by atoms with E-state index in [2.05, 4.69) is 27.3 Å². The number of aromatic nitrogens is 1. The van der Waals surface area contributed by atoms with Gasteiger partial charge in [-0.2, -0.15) is 0 Å². The Balaban J connectivity index is 1.59. The summed E-state index contributed by atoms with van der Waals surface area (Å²) in [5.74, 6) is 0.896. The Morgan fingerprint density at radius 1 is 1.15 bits per heavy atom. The second kappa shape index (κ2) is 7.19. The molecular weight excluding hydrogens is 246 g/mol. The molecule has 1 N–H and O–H groups in total. The summed E-state index contributed by atoms with van der Waals surface area (Å²) in [4.78, 5) is 7.08. The highest BCUT2D eigenvalue weighted by Gasteiger charge is 2.26. The number of nitrogens with zero attached hydrogens (tertiary/aromatic N) is 2. The molecule has 3 nitrogen and oxygen atoms in total. The van der Waals surface area contributed by atoms with Gasteiger partial charge < -0.3 is 5.32 Å². The zero-order valence-corrected chi connectivity index (χ0v) is 12.4. The summed E-state index contributed by atoms with van der Waals surface area (Å²) in [6.07, 6.45) is 10.3. The highest BCUT2D eigenvalue weighted by molar-refractivity contribution is 5.03. The molecule has 1 saturated carbocycles.